The van der Waals surface area contributed by atoms with Gasteiger partial charge in [0.2, 0.25) is 0 Å². The van der Waals surface area contributed by atoms with Crippen molar-refractivity contribution in [2.75, 3.05) is 6.61 Å². The third kappa shape index (κ3) is 1.37. The van der Waals surface area contributed by atoms with Gasteiger partial charge in [0.25, 0.3) is 0 Å². The molecular weight excluding hydrogens is 164 g/mol. The van der Waals surface area contributed by atoms with Crippen molar-refractivity contribution in [2.45, 2.75) is 13.3 Å². The number of hydrogen-bond donors (Lipinski definition) is 1. The molecule has 0 aromatic heterocycles. The standard InChI is InChI=1S/C10H12N2O/c1-7-2-3-10-8(6-7)9(12-11)4-5-13-10/h2-3,6H,4-5,11H2,1H3. The monoisotopic (exact) mass is 176 g/mol. The van der Waals surface area contributed by atoms with Crippen molar-refractivity contribution in [3.8, 4) is 5.75 Å². The average molecular weight is 176 g/mol. The number of aryl methyl sites for hydroxylation is 1. The van der Waals surface area contributed by atoms with E-state index >= 15 is 0 Å². The fourth-order valence-corrected chi connectivity index (χ4v) is 1.52. The molecule has 3 heteroatoms. The molecule has 1 aliphatic rings. The smallest absolute Gasteiger partial charge is 0.128 e. The first kappa shape index (κ1) is 8.10. The molecule has 2 N–H and O–H groups in total. The van der Waals surface area contributed by atoms with Crippen LogP contribution in [0.1, 0.15) is 17.5 Å². The van der Waals surface area contributed by atoms with Gasteiger partial charge in [0.05, 0.1) is 12.3 Å². The van der Waals surface area contributed by atoms with E-state index in [1.807, 2.05) is 19.1 Å². The quantitative estimate of drug-likeness (QED) is 0.480. The van der Waals surface area contributed by atoms with E-state index in [-0.39, 0.29) is 0 Å². The van der Waals surface area contributed by atoms with Gasteiger partial charge in [-0.05, 0) is 19.1 Å². The molecule has 3 nitrogen and oxygen atoms in total. The molecule has 0 saturated carbocycles. The van der Waals surface area contributed by atoms with E-state index in [4.69, 9.17) is 10.6 Å². The maximum atomic E-state index is 5.47. The van der Waals surface area contributed by atoms with Crippen molar-refractivity contribution in [1.29, 1.82) is 0 Å². The lowest BCUT2D eigenvalue weighted by atomic mass is 10.0. The van der Waals surface area contributed by atoms with Crippen LogP contribution in [0.15, 0.2) is 23.3 Å². The summed E-state index contributed by atoms with van der Waals surface area (Å²) in [6, 6.07) is 6.05. The van der Waals surface area contributed by atoms with Crippen LogP contribution in [0.3, 0.4) is 0 Å². The average Bonchev–Trinajstić information content (AvgIpc) is 2.17. The van der Waals surface area contributed by atoms with Crippen LogP contribution >= 0.6 is 0 Å². The van der Waals surface area contributed by atoms with Crippen LogP contribution in [0.25, 0.3) is 0 Å². The normalized spacial score (nSPS) is 18.1. The van der Waals surface area contributed by atoms with Crippen LogP contribution in [0.4, 0.5) is 0 Å². The predicted molar refractivity (Wildman–Crippen MR) is 52.0 cm³/mol. The number of nitrogens with two attached hydrogens (primary N) is 1. The molecule has 0 unspecified atom stereocenters. The lowest BCUT2D eigenvalue weighted by Gasteiger charge is -2.18. The Balaban J connectivity index is 2.54. The van der Waals surface area contributed by atoms with E-state index in [0.717, 1.165) is 23.4 Å². The van der Waals surface area contributed by atoms with Crippen LogP contribution in [-0.2, 0) is 0 Å². The Morgan fingerprint density at radius 1 is 1.46 bits per heavy atom. The second kappa shape index (κ2) is 3.09. The van der Waals surface area contributed by atoms with Crippen LogP contribution in [0, 0.1) is 6.92 Å². The molecule has 0 radical (unpaired) electrons. The largest absolute Gasteiger partial charge is 0.492 e. The summed E-state index contributed by atoms with van der Waals surface area (Å²) in [6.45, 7) is 2.72. The van der Waals surface area contributed by atoms with E-state index in [9.17, 15) is 0 Å². The number of hydrogen-bond acceptors (Lipinski definition) is 3. The van der Waals surface area contributed by atoms with Gasteiger partial charge in [-0.2, -0.15) is 5.10 Å². The van der Waals surface area contributed by atoms with Gasteiger partial charge in [-0.3, -0.25) is 0 Å². The number of benzene rings is 1. The Morgan fingerprint density at radius 2 is 2.31 bits per heavy atom. The van der Waals surface area contributed by atoms with Gasteiger partial charge in [0, 0.05) is 12.0 Å². The van der Waals surface area contributed by atoms with E-state index in [0.29, 0.717) is 6.61 Å². The highest BCUT2D eigenvalue weighted by Crippen LogP contribution is 2.25. The van der Waals surface area contributed by atoms with Crippen molar-refractivity contribution >= 4 is 5.71 Å². The van der Waals surface area contributed by atoms with Crippen molar-refractivity contribution in [1.82, 2.24) is 0 Å². The van der Waals surface area contributed by atoms with E-state index in [2.05, 4.69) is 11.2 Å². The minimum atomic E-state index is 0.673. The third-order valence-corrected chi connectivity index (χ3v) is 2.20. The maximum absolute atomic E-state index is 5.47. The van der Waals surface area contributed by atoms with Gasteiger partial charge >= 0.3 is 0 Å². The van der Waals surface area contributed by atoms with Gasteiger partial charge < -0.3 is 10.6 Å². The lowest BCUT2D eigenvalue weighted by Crippen LogP contribution is -2.17. The summed E-state index contributed by atoms with van der Waals surface area (Å²) in [6.07, 6.45) is 0.799. The van der Waals surface area contributed by atoms with Gasteiger partial charge in [-0.15, -0.1) is 0 Å². The molecule has 1 aromatic carbocycles. The molecule has 68 valence electrons. The van der Waals surface area contributed by atoms with Crippen molar-refractivity contribution < 1.29 is 4.74 Å². The summed E-state index contributed by atoms with van der Waals surface area (Å²) in [7, 11) is 0. The van der Waals surface area contributed by atoms with Gasteiger partial charge in [0.15, 0.2) is 0 Å². The highest BCUT2D eigenvalue weighted by atomic mass is 16.5. The summed E-state index contributed by atoms with van der Waals surface area (Å²) in [5, 5.41) is 3.77. The number of ether oxygens (including phenoxy) is 1. The minimum Gasteiger partial charge on any atom is -0.492 e. The fraction of sp³-hybridized carbons (Fsp3) is 0.300. The Labute approximate surface area is 77.2 Å². The van der Waals surface area contributed by atoms with Crippen LogP contribution < -0.4 is 10.6 Å². The maximum Gasteiger partial charge on any atom is 0.128 e. The van der Waals surface area contributed by atoms with E-state index in [1.54, 1.807) is 0 Å². The minimum absolute atomic E-state index is 0.673. The zero-order valence-electron chi connectivity index (χ0n) is 7.58. The van der Waals surface area contributed by atoms with Crippen molar-refractivity contribution in [3.63, 3.8) is 0 Å². The molecule has 1 aromatic rings. The highest BCUT2D eigenvalue weighted by molar-refractivity contribution is 6.03. The lowest BCUT2D eigenvalue weighted by molar-refractivity contribution is 0.320. The molecule has 13 heavy (non-hydrogen) atoms. The predicted octanol–water partition coefficient (Wildman–Crippen LogP) is 1.44. The fourth-order valence-electron chi connectivity index (χ4n) is 1.52. The number of nitrogens with zero attached hydrogens (tertiary/aromatic N) is 1. The SMILES string of the molecule is Cc1ccc2c(c1)C(=NN)CCO2. The first-order valence-corrected chi connectivity index (χ1v) is 4.32. The van der Waals surface area contributed by atoms with Gasteiger partial charge in [0.1, 0.15) is 5.75 Å². The van der Waals surface area contributed by atoms with E-state index < -0.39 is 0 Å². The molecule has 0 bridgehead atoms. The third-order valence-electron chi connectivity index (χ3n) is 2.20. The molecule has 1 aliphatic heterocycles. The Kier molecular flexibility index (Phi) is 1.93. The molecule has 0 atom stereocenters. The highest BCUT2D eigenvalue weighted by Gasteiger charge is 2.15. The Bertz CT molecular complexity index is 358. The summed E-state index contributed by atoms with van der Waals surface area (Å²) in [5.74, 6) is 6.19. The summed E-state index contributed by atoms with van der Waals surface area (Å²) in [5.41, 5.74) is 3.17. The Morgan fingerprint density at radius 3 is 3.08 bits per heavy atom. The number of hydrazone groups is 1. The molecule has 0 fully saturated rings. The first-order chi connectivity index (χ1) is 6.31. The van der Waals surface area contributed by atoms with Crippen LogP contribution in [0.5, 0.6) is 5.75 Å². The number of rotatable bonds is 0. The zero-order chi connectivity index (χ0) is 9.26. The number of fused-ring (bicyclic) bond motifs is 1. The molecule has 2 rings (SSSR count). The van der Waals surface area contributed by atoms with Crippen molar-refractivity contribution in [3.05, 3.63) is 29.3 Å². The van der Waals surface area contributed by atoms with Gasteiger partial charge in [-0.1, -0.05) is 11.6 Å². The topological polar surface area (TPSA) is 47.6 Å². The molecule has 0 aliphatic carbocycles. The molecule has 0 amide bonds. The first-order valence-electron chi connectivity index (χ1n) is 4.32. The second-order valence-electron chi connectivity index (χ2n) is 3.17. The molecule has 1 heterocycles. The molecular formula is C10H12N2O. The van der Waals surface area contributed by atoms with Gasteiger partial charge in [-0.25, -0.2) is 0 Å². The van der Waals surface area contributed by atoms with Crippen LogP contribution in [0.2, 0.25) is 0 Å². The Hall–Kier alpha value is -1.51. The summed E-state index contributed by atoms with van der Waals surface area (Å²) < 4.78 is 5.47. The van der Waals surface area contributed by atoms with Crippen molar-refractivity contribution in [2.24, 2.45) is 10.9 Å². The summed E-state index contributed by atoms with van der Waals surface area (Å²) >= 11 is 0. The molecule has 0 spiro atoms. The van der Waals surface area contributed by atoms with Crippen LogP contribution in [-0.4, -0.2) is 12.3 Å². The summed E-state index contributed by atoms with van der Waals surface area (Å²) in [4.78, 5) is 0. The van der Waals surface area contributed by atoms with E-state index in [1.165, 1.54) is 5.56 Å². The second-order valence-corrected chi connectivity index (χ2v) is 3.17. The zero-order valence-corrected chi connectivity index (χ0v) is 7.58. The molecule has 0 saturated heterocycles.